The Kier molecular flexibility index (Phi) is 9.19. The molecule has 2 aromatic rings. The Labute approximate surface area is 191 Å². The largest absolute Gasteiger partial charge is 0.495 e. The van der Waals surface area contributed by atoms with E-state index < -0.39 is 6.10 Å². The highest BCUT2D eigenvalue weighted by Gasteiger charge is 2.25. The van der Waals surface area contributed by atoms with Gasteiger partial charge < -0.3 is 30.1 Å². The first-order chi connectivity index (χ1) is 15.6. The third-order valence-electron chi connectivity index (χ3n) is 5.57. The van der Waals surface area contributed by atoms with Crippen molar-refractivity contribution in [1.82, 2.24) is 10.6 Å². The molecule has 1 aliphatic heterocycles. The van der Waals surface area contributed by atoms with Crippen LogP contribution in [0, 0.1) is 0 Å². The van der Waals surface area contributed by atoms with E-state index in [2.05, 4.69) is 26.6 Å². The van der Waals surface area contributed by atoms with Gasteiger partial charge in [0.25, 0.3) is 0 Å². The molecule has 7 heteroatoms. The smallest absolute Gasteiger partial charge is 0.191 e. The van der Waals surface area contributed by atoms with Crippen molar-refractivity contribution < 1.29 is 14.6 Å². The molecule has 1 saturated heterocycles. The molecule has 0 spiro atoms. The molecule has 32 heavy (non-hydrogen) atoms. The third-order valence-corrected chi connectivity index (χ3v) is 5.57. The van der Waals surface area contributed by atoms with Crippen LogP contribution in [0.1, 0.15) is 31.9 Å². The zero-order valence-electron chi connectivity index (χ0n) is 19.3. The fraction of sp³-hybridized carbons (Fsp3) is 0.480. The van der Waals surface area contributed by atoms with Gasteiger partial charge in [-0.25, -0.2) is 0 Å². The van der Waals surface area contributed by atoms with Gasteiger partial charge in [-0.3, -0.25) is 4.99 Å². The molecule has 174 valence electrons. The van der Waals surface area contributed by atoms with Crippen LogP contribution in [0.4, 0.5) is 5.69 Å². The summed E-state index contributed by atoms with van der Waals surface area (Å²) in [5, 5.41) is 17.1. The van der Waals surface area contributed by atoms with Gasteiger partial charge in [0, 0.05) is 25.7 Å². The van der Waals surface area contributed by atoms with E-state index in [1.54, 1.807) is 7.11 Å². The summed E-state index contributed by atoms with van der Waals surface area (Å²) < 4.78 is 11.3. The van der Waals surface area contributed by atoms with Crippen molar-refractivity contribution in [3.05, 3.63) is 60.2 Å². The minimum atomic E-state index is -0.662. The van der Waals surface area contributed by atoms with Gasteiger partial charge in [-0.15, -0.1) is 0 Å². The molecular formula is C25H36N4O3. The molecule has 3 rings (SSSR count). The number of nitrogens with zero attached hydrogens (tertiary/aromatic N) is 2. The Balaban J connectivity index is 1.49. The van der Waals surface area contributed by atoms with E-state index in [1.165, 1.54) is 0 Å². The van der Waals surface area contributed by atoms with Crippen LogP contribution in [-0.4, -0.2) is 63.1 Å². The van der Waals surface area contributed by atoms with Crippen molar-refractivity contribution in [2.75, 3.05) is 44.8 Å². The van der Waals surface area contributed by atoms with Crippen LogP contribution in [0.15, 0.2) is 59.6 Å². The van der Waals surface area contributed by atoms with E-state index in [0.29, 0.717) is 0 Å². The van der Waals surface area contributed by atoms with Gasteiger partial charge in [0.05, 0.1) is 38.2 Å². The minimum Gasteiger partial charge on any atom is -0.495 e. The highest BCUT2D eigenvalue weighted by atomic mass is 16.5. The van der Waals surface area contributed by atoms with Gasteiger partial charge in [-0.1, -0.05) is 42.5 Å². The number of methoxy groups -OCH3 is 1. The van der Waals surface area contributed by atoms with Crippen molar-refractivity contribution in [3.8, 4) is 5.75 Å². The van der Waals surface area contributed by atoms with Gasteiger partial charge in [-0.2, -0.15) is 0 Å². The lowest BCUT2D eigenvalue weighted by Crippen LogP contribution is -2.45. The first-order valence-corrected chi connectivity index (χ1v) is 11.4. The maximum Gasteiger partial charge on any atom is 0.191 e. The number of anilines is 1. The predicted molar refractivity (Wildman–Crippen MR) is 130 cm³/mol. The zero-order chi connectivity index (χ0) is 22.8. The summed E-state index contributed by atoms with van der Waals surface area (Å²) in [6.07, 6.45) is 0.272. The Hall–Kier alpha value is -2.77. The maximum absolute atomic E-state index is 10.4. The van der Waals surface area contributed by atoms with E-state index in [1.807, 2.05) is 62.4 Å². The fourth-order valence-corrected chi connectivity index (χ4v) is 3.83. The number of benzene rings is 2. The molecule has 0 radical (unpaired) electrons. The molecule has 0 aliphatic carbocycles. The van der Waals surface area contributed by atoms with Crippen molar-refractivity contribution in [3.63, 3.8) is 0 Å². The number of aliphatic imine (C=N–C) groups is 1. The number of aliphatic hydroxyl groups is 1. The van der Waals surface area contributed by atoms with Crippen molar-refractivity contribution in [1.29, 1.82) is 0 Å². The van der Waals surface area contributed by atoms with Crippen molar-refractivity contribution in [2.45, 2.75) is 38.5 Å². The number of hydrogen-bond acceptors (Lipinski definition) is 5. The molecule has 0 aromatic heterocycles. The van der Waals surface area contributed by atoms with Crippen LogP contribution in [0.5, 0.6) is 5.75 Å². The molecule has 1 aliphatic rings. The Morgan fingerprint density at radius 3 is 2.69 bits per heavy atom. The quantitative estimate of drug-likeness (QED) is 0.389. The SMILES string of the molecule is CCNC(=NCC(O)COC(C)c1ccccc1)NC1CCN(c2ccccc2OC)C1. The second-order valence-corrected chi connectivity index (χ2v) is 8.01. The standard InChI is InChI=1S/C25H36N4O3/c1-4-26-25(27-16-22(30)18-32-19(2)20-10-6-5-7-11-20)28-21-14-15-29(17-21)23-12-8-9-13-24(23)31-3/h5-13,19,21-22,30H,4,14-18H2,1-3H3,(H2,26,27,28). The normalized spacial score (nSPS) is 18.3. The van der Waals surface area contributed by atoms with Gasteiger partial charge in [-0.05, 0) is 38.0 Å². The van der Waals surface area contributed by atoms with Crippen LogP contribution >= 0.6 is 0 Å². The summed E-state index contributed by atoms with van der Waals surface area (Å²) in [5.74, 6) is 1.61. The van der Waals surface area contributed by atoms with Crippen LogP contribution in [0.3, 0.4) is 0 Å². The summed E-state index contributed by atoms with van der Waals surface area (Å²) in [6.45, 7) is 7.12. The fourth-order valence-electron chi connectivity index (χ4n) is 3.83. The molecule has 3 N–H and O–H groups in total. The number of rotatable bonds is 10. The van der Waals surface area contributed by atoms with Crippen LogP contribution < -0.4 is 20.3 Å². The maximum atomic E-state index is 10.4. The summed E-state index contributed by atoms with van der Waals surface area (Å²) >= 11 is 0. The molecule has 1 heterocycles. The van der Waals surface area contributed by atoms with Crippen molar-refractivity contribution >= 4 is 11.6 Å². The first kappa shape index (κ1) is 23.9. The van der Waals surface area contributed by atoms with Crippen molar-refractivity contribution in [2.24, 2.45) is 4.99 Å². The van der Waals surface area contributed by atoms with Crippen LogP contribution in [0.2, 0.25) is 0 Å². The molecule has 7 nitrogen and oxygen atoms in total. The first-order valence-electron chi connectivity index (χ1n) is 11.4. The molecule has 0 amide bonds. The van der Waals surface area contributed by atoms with E-state index >= 15 is 0 Å². The van der Waals surface area contributed by atoms with E-state index in [9.17, 15) is 5.11 Å². The Morgan fingerprint density at radius 1 is 1.19 bits per heavy atom. The molecular weight excluding hydrogens is 404 g/mol. The number of aliphatic hydroxyl groups excluding tert-OH is 1. The summed E-state index contributed by atoms with van der Waals surface area (Å²) in [5.41, 5.74) is 2.21. The average Bonchev–Trinajstić information content (AvgIpc) is 3.30. The number of nitrogens with one attached hydrogen (secondary N) is 2. The lowest BCUT2D eigenvalue weighted by Gasteiger charge is -2.22. The molecule has 1 fully saturated rings. The van der Waals surface area contributed by atoms with E-state index in [0.717, 1.165) is 49.0 Å². The third kappa shape index (κ3) is 6.87. The number of ether oxygens (including phenoxy) is 2. The molecule has 3 atom stereocenters. The number of hydrogen-bond donors (Lipinski definition) is 3. The monoisotopic (exact) mass is 440 g/mol. The summed E-state index contributed by atoms with van der Waals surface area (Å²) in [7, 11) is 1.70. The summed E-state index contributed by atoms with van der Waals surface area (Å²) in [6, 6.07) is 18.4. The Morgan fingerprint density at radius 2 is 1.94 bits per heavy atom. The topological polar surface area (TPSA) is 78.4 Å². The van der Waals surface area contributed by atoms with Gasteiger partial charge in [0.1, 0.15) is 5.75 Å². The van der Waals surface area contributed by atoms with Gasteiger partial charge >= 0.3 is 0 Å². The lowest BCUT2D eigenvalue weighted by molar-refractivity contribution is 0.00111. The highest BCUT2D eigenvalue weighted by molar-refractivity contribution is 5.80. The number of guanidine groups is 1. The Bertz CT molecular complexity index is 846. The van der Waals surface area contributed by atoms with E-state index in [-0.39, 0.29) is 25.3 Å². The van der Waals surface area contributed by atoms with Crippen LogP contribution in [0.25, 0.3) is 0 Å². The number of para-hydroxylation sites is 2. The molecule has 0 bridgehead atoms. The van der Waals surface area contributed by atoms with Gasteiger partial charge in [0.2, 0.25) is 0 Å². The molecule has 2 aromatic carbocycles. The minimum absolute atomic E-state index is 0.0689. The molecule has 3 unspecified atom stereocenters. The van der Waals surface area contributed by atoms with Gasteiger partial charge in [0.15, 0.2) is 5.96 Å². The van der Waals surface area contributed by atoms with Crippen LogP contribution in [-0.2, 0) is 4.74 Å². The molecule has 0 saturated carbocycles. The average molecular weight is 441 g/mol. The highest BCUT2D eigenvalue weighted by Crippen LogP contribution is 2.30. The predicted octanol–water partition coefficient (Wildman–Crippen LogP) is 2.97. The second kappa shape index (κ2) is 12.3. The zero-order valence-corrected chi connectivity index (χ0v) is 19.3. The second-order valence-electron chi connectivity index (χ2n) is 8.01. The lowest BCUT2D eigenvalue weighted by atomic mass is 10.1. The van der Waals surface area contributed by atoms with E-state index in [4.69, 9.17) is 9.47 Å². The summed E-state index contributed by atoms with van der Waals surface area (Å²) in [4.78, 5) is 6.91.